The molecule has 1 aromatic carbocycles. The summed E-state index contributed by atoms with van der Waals surface area (Å²) in [5, 5.41) is 11.7. The van der Waals surface area contributed by atoms with Crippen LogP contribution in [0, 0.1) is 0 Å². The van der Waals surface area contributed by atoms with Crippen LogP contribution in [0.3, 0.4) is 0 Å². The molecule has 19 heavy (non-hydrogen) atoms. The summed E-state index contributed by atoms with van der Waals surface area (Å²) in [5.74, 6) is -0.150. The van der Waals surface area contributed by atoms with Crippen LogP contribution in [0.5, 0.6) is 0 Å². The molecule has 6 nitrogen and oxygen atoms in total. The Morgan fingerprint density at radius 2 is 2.11 bits per heavy atom. The Balaban J connectivity index is 2.00. The van der Waals surface area contributed by atoms with Gasteiger partial charge in [-0.3, -0.25) is 9.63 Å². The summed E-state index contributed by atoms with van der Waals surface area (Å²) in [6.07, 6.45) is -0.405. The average molecular weight is 267 g/mol. The fraction of sp³-hybridized carbons (Fsp3) is 0.462. The Morgan fingerprint density at radius 3 is 2.79 bits per heavy atom. The maximum absolute atomic E-state index is 11.3. The van der Waals surface area contributed by atoms with Crippen molar-refractivity contribution in [1.29, 1.82) is 0 Å². The predicted octanol–water partition coefficient (Wildman–Crippen LogP) is -0.466. The maximum Gasteiger partial charge on any atom is 0.221 e. The Labute approximate surface area is 112 Å². The van der Waals surface area contributed by atoms with Gasteiger partial charge in [0.05, 0.1) is 12.7 Å². The molecule has 0 heterocycles. The van der Waals surface area contributed by atoms with Gasteiger partial charge >= 0.3 is 0 Å². The SMILES string of the molecule is NCC(O)CNC(=O)CCNOCc1ccccc1. The van der Waals surface area contributed by atoms with Gasteiger partial charge in [-0.1, -0.05) is 30.3 Å². The van der Waals surface area contributed by atoms with Gasteiger partial charge in [0.1, 0.15) is 0 Å². The number of hydrogen-bond acceptors (Lipinski definition) is 5. The molecule has 6 heteroatoms. The third-order valence-corrected chi connectivity index (χ3v) is 2.44. The number of carbonyl (C=O) groups excluding carboxylic acids is 1. The fourth-order valence-electron chi connectivity index (χ4n) is 1.35. The molecule has 106 valence electrons. The molecule has 0 saturated carbocycles. The van der Waals surface area contributed by atoms with Crippen molar-refractivity contribution in [3.63, 3.8) is 0 Å². The van der Waals surface area contributed by atoms with Gasteiger partial charge in [-0.15, -0.1) is 0 Å². The molecule has 0 spiro atoms. The van der Waals surface area contributed by atoms with Crippen LogP contribution in [0.4, 0.5) is 0 Å². The first-order valence-corrected chi connectivity index (χ1v) is 6.25. The molecular formula is C13H21N3O3. The monoisotopic (exact) mass is 267 g/mol. The Bertz CT molecular complexity index is 359. The second-order valence-electron chi connectivity index (χ2n) is 4.11. The minimum Gasteiger partial charge on any atom is -0.390 e. The van der Waals surface area contributed by atoms with Crippen molar-refractivity contribution in [2.24, 2.45) is 5.73 Å². The van der Waals surface area contributed by atoms with Crippen molar-refractivity contribution in [1.82, 2.24) is 10.8 Å². The molecule has 1 unspecified atom stereocenters. The second kappa shape index (κ2) is 9.46. The summed E-state index contributed by atoms with van der Waals surface area (Å²) in [7, 11) is 0. The summed E-state index contributed by atoms with van der Waals surface area (Å²) in [5.41, 5.74) is 9.00. The van der Waals surface area contributed by atoms with Gasteiger partial charge in [0.25, 0.3) is 0 Å². The third-order valence-electron chi connectivity index (χ3n) is 2.44. The number of rotatable bonds is 9. The van der Waals surface area contributed by atoms with E-state index in [0.29, 0.717) is 13.2 Å². The summed E-state index contributed by atoms with van der Waals surface area (Å²) in [6, 6.07) is 9.74. The van der Waals surface area contributed by atoms with Crippen molar-refractivity contribution in [3.05, 3.63) is 35.9 Å². The molecule has 0 aliphatic carbocycles. The largest absolute Gasteiger partial charge is 0.390 e. The smallest absolute Gasteiger partial charge is 0.221 e. The summed E-state index contributed by atoms with van der Waals surface area (Å²) in [4.78, 5) is 16.6. The van der Waals surface area contributed by atoms with Crippen LogP contribution >= 0.6 is 0 Å². The van der Waals surface area contributed by atoms with E-state index in [1.807, 2.05) is 30.3 Å². The first-order valence-electron chi connectivity index (χ1n) is 6.25. The van der Waals surface area contributed by atoms with Gasteiger partial charge in [0, 0.05) is 26.1 Å². The summed E-state index contributed by atoms with van der Waals surface area (Å²) < 4.78 is 0. The number of hydrogen-bond donors (Lipinski definition) is 4. The Hall–Kier alpha value is -1.47. The number of benzene rings is 1. The normalized spacial score (nSPS) is 12.1. The van der Waals surface area contributed by atoms with E-state index in [2.05, 4.69) is 10.8 Å². The van der Waals surface area contributed by atoms with Crippen molar-refractivity contribution in [2.45, 2.75) is 19.1 Å². The van der Waals surface area contributed by atoms with Gasteiger partial charge in [-0.25, -0.2) is 5.48 Å². The standard InChI is InChI=1S/C13H21N3O3/c14-8-12(17)9-15-13(18)6-7-16-19-10-11-4-2-1-3-5-11/h1-5,12,16-17H,6-10,14H2,(H,15,18). The van der Waals surface area contributed by atoms with E-state index in [1.54, 1.807) is 0 Å². The lowest BCUT2D eigenvalue weighted by atomic mass is 10.2. The molecule has 1 rings (SSSR count). The van der Waals surface area contributed by atoms with E-state index in [0.717, 1.165) is 5.56 Å². The lowest BCUT2D eigenvalue weighted by Gasteiger charge is -2.09. The minimum absolute atomic E-state index is 0.138. The van der Waals surface area contributed by atoms with Crippen LogP contribution in [-0.2, 0) is 16.2 Å². The van der Waals surface area contributed by atoms with Gasteiger partial charge in [0.2, 0.25) is 5.91 Å². The molecule has 1 aromatic rings. The van der Waals surface area contributed by atoms with Gasteiger partial charge in [-0.05, 0) is 5.56 Å². The number of nitrogens with two attached hydrogens (primary N) is 1. The van der Waals surface area contributed by atoms with E-state index >= 15 is 0 Å². The lowest BCUT2D eigenvalue weighted by molar-refractivity contribution is -0.122. The van der Waals surface area contributed by atoms with Crippen molar-refractivity contribution < 1.29 is 14.7 Å². The highest BCUT2D eigenvalue weighted by Crippen LogP contribution is 1.98. The number of aliphatic hydroxyl groups excluding tert-OH is 1. The zero-order valence-corrected chi connectivity index (χ0v) is 10.8. The molecule has 0 radical (unpaired) electrons. The minimum atomic E-state index is -0.689. The van der Waals surface area contributed by atoms with E-state index < -0.39 is 6.10 Å². The number of nitrogens with one attached hydrogen (secondary N) is 2. The number of hydroxylamine groups is 1. The van der Waals surface area contributed by atoms with Crippen molar-refractivity contribution >= 4 is 5.91 Å². The Kier molecular flexibility index (Phi) is 7.76. The van der Waals surface area contributed by atoms with Crippen LogP contribution in [0.15, 0.2) is 30.3 Å². The molecule has 1 amide bonds. The van der Waals surface area contributed by atoms with E-state index in [-0.39, 0.29) is 25.4 Å². The zero-order valence-electron chi connectivity index (χ0n) is 10.8. The van der Waals surface area contributed by atoms with Gasteiger partial charge in [0.15, 0.2) is 0 Å². The molecule has 0 aliphatic rings. The van der Waals surface area contributed by atoms with E-state index in [4.69, 9.17) is 15.7 Å². The fourth-order valence-corrected chi connectivity index (χ4v) is 1.35. The average Bonchev–Trinajstić information content (AvgIpc) is 2.45. The quantitative estimate of drug-likeness (QED) is 0.358. The lowest BCUT2D eigenvalue weighted by Crippen LogP contribution is -2.37. The highest BCUT2D eigenvalue weighted by Gasteiger charge is 2.04. The van der Waals surface area contributed by atoms with Crippen LogP contribution < -0.4 is 16.5 Å². The highest BCUT2D eigenvalue weighted by molar-refractivity contribution is 5.76. The van der Waals surface area contributed by atoms with E-state index in [1.165, 1.54) is 0 Å². The molecule has 0 bridgehead atoms. The first-order chi connectivity index (χ1) is 9.22. The van der Waals surface area contributed by atoms with Gasteiger partial charge < -0.3 is 16.2 Å². The summed E-state index contributed by atoms with van der Waals surface area (Å²) in [6.45, 7) is 1.19. The maximum atomic E-state index is 11.3. The predicted molar refractivity (Wildman–Crippen MR) is 71.9 cm³/mol. The van der Waals surface area contributed by atoms with Crippen LogP contribution in [0.2, 0.25) is 0 Å². The highest BCUT2D eigenvalue weighted by atomic mass is 16.6. The van der Waals surface area contributed by atoms with Crippen molar-refractivity contribution in [3.8, 4) is 0 Å². The third kappa shape index (κ3) is 7.53. The first kappa shape index (κ1) is 15.6. The van der Waals surface area contributed by atoms with Crippen LogP contribution in [0.25, 0.3) is 0 Å². The Morgan fingerprint density at radius 1 is 1.37 bits per heavy atom. The van der Waals surface area contributed by atoms with E-state index in [9.17, 15) is 4.79 Å². The number of amides is 1. The molecule has 0 aromatic heterocycles. The number of carbonyl (C=O) groups is 1. The molecule has 5 N–H and O–H groups in total. The molecular weight excluding hydrogens is 246 g/mol. The van der Waals surface area contributed by atoms with Crippen molar-refractivity contribution in [2.75, 3.05) is 19.6 Å². The zero-order chi connectivity index (χ0) is 13.9. The molecule has 0 fully saturated rings. The van der Waals surface area contributed by atoms with Gasteiger partial charge in [-0.2, -0.15) is 0 Å². The molecule has 1 atom stereocenters. The summed E-state index contributed by atoms with van der Waals surface area (Å²) >= 11 is 0. The molecule has 0 saturated heterocycles. The van der Waals surface area contributed by atoms with Crippen LogP contribution in [0.1, 0.15) is 12.0 Å². The topological polar surface area (TPSA) is 96.6 Å². The second-order valence-corrected chi connectivity index (χ2v) is 4.11. The number of aliphatic hydroxyl groups is 1. The molecule has 0 aliphatic heterocycles. The van der Waals surface area contributed by atoms with Crippen LogP contribution in [-0.4, -0.2) is 36.8 Å².